The van der Waals surface area contributed by atoms with E-state index in [1.165, 1.54) is 82.2 Å². The zero-order chi connectivity index (χ0) is 36.7. The van der Waals surface area contributed by atoms with Gasteiger partial charge >= 0.3 is 0 Å². The van der Waals surface area contributed by atoms with E-state index in [0.29, 0.717) is 0 Å². The zero-order valence-corrected chi connectivity index (χ0v) is 30.4. The lowest BCUT2D eigenvalue weighted by Crippen LogP contribution is -1.93. The third-order valence-electron chi connectivity index (χ3n) is 11.8. The van der Waals surface area contributed by atoms with Gasteiger partial charge in [-0.2, -0.15) is 0 Å². The van der Waals surface area contributed by atoms with Gasteiger partial charge in [-0.3, -0.25) is 0 Å². The van der Waals surface area contributed by atoms with Crippen LogP contribution >= 0.6 is 0 Å². The number of rotatable bonds is 4. The molecule has 260 valence electrons. The molecule has 0 saturated heterocycles. The molecule has 0 bridgehead atoms. The highest BCUT2D eigenvalue weighted by Gasteiger charge is 2.19. The average molecular weight is 712 g/mol. The molecule has 0 saturated carbocycles. The Labute approximate surface area is 323 Å². The molecule has 10 aromatic carbocycles. The van der Waals surface area contributed by atoms with Crippen LogP contribution in [0.3, 0.4) is 0 Å². The van der Waals surface area contributed by atoms with Crippen LogP contribution in [0.1, 0.15) is 0 Å². The van der Waals surface area contributed by atoms with Gasteiger partial charge in [0, 0.05) is 32.6 Å². The second kappa shape index (κ2) is 12.0. The molecular formula is C54H33NO. The van der Waals surface area contributed by atoms with Crippen LogP contribution in [0.25, 0.3) is 115 Å². The van der Waals surface area contributed by atoms with E-state index in [4.69, 9.17) is 4.42 Å². The maximum Gasteiger partial charge on any atom is 0.143 e. The molecule has 0 aliphatic carbocycles. The number of hydrogen-bond acceptors (Lipinski definition) is 1. The SMILES string of the molecule is c1ccc(-n2c3ccccc3c3cc(-c4cccc(-c5c6ccccc6c(-c6ccc7c(c6)oc6c8ccccc8ccc76)c6ccccc56)c4)ccc32)cc1. The fraction of sp³-hybridized carbons (Fsp3) is 0. The molecule has 0 amide bonds. The fourth-order valence-corrected chi connectivity index (χ4v) is 9.27. The summed E-state index contributed by atoms with van der Waals surface area (Å²) in [5.74, 6) is 0. The van der Waals surface area contributed by atoms with E-state index in [1.54, 1.807) is 0 Å². The van der Waals surface area contributed by atoms with E-state index in [-0.39, 0.29) is 0 Å². The first-order valence-electron chi connectivity index (χ1n) is 19.3. The Morgan fingerprint density at radius 3 is 1.61 bits per heavy atom. The number of aromatic nitrogens is 1. The molecule has 0 fully saturated rings. The lowest BCUT2D eigenvalue weighted by atomic mass is 9.85. The molecule has 0 aliphatic heterocycles. The monoisotopic (exact) mass is 711 g/mol. The topological polar surface area (TPSA) is 18.1 Å². The third-order valence-corrected chi connectivity index (χ3v) is 11.8. The van der Waals surface area contributed by atoms with E-state index in [0.717, 1.165) is 32.9 Å². The van der Waals surface area contributed by atoms with Gasteiger partial charge in [-0.25, -0.2) is 0 Å². The summed E-state index contributed by atoms with van der Waals surface area (Å²) in [4.78, 5) is 0. The van der Waals surface area contributed by atoms with Gasteiger partial charge < -0.3 is 8.98 Å². The largest absolute Gasteiger partial charge is 0.455 e. The van der Waals surface area contributed by atoms with Gasteiger partial charge in [0.15, 0.2) is 0 Å². The third kappa shape index (κ3) is 4.57. The number of nitrogens with zero attached hydrogens (tertiary/aromatic N) is 1. The minimum atomic E-state index is 0.905. The molecule has 0 N–H and O–H groups in total. The molecule has 0 atom stereocenters. The fourth-order valence-electron chi connectivity index (χ4n) is 9.27. The highest BCUT2D eigenvalue weighted by molar-refractivity contribution is 6.23. The van der Waals surface area contributed by atoms with Crippen molar-refractivity contribution in [1.82, 2.24) is 4.57 Å². The molecular weight excluding hydrogens is 679 g/mol. The Kier molecular flexibility index (Phi) is 6.66. The van der Waals surface area contributed by atoms with E-state index in [9.17, 15) is 0 Å². The number of benzene rings is 10. The van der Waals surface area contributed by atoms with Gasteiger partial charge in [0.2, 0.25) is 0 Å². The van der Waals surface area contributed by atoms with Crippen LogP contribution in [0, 0.1) is 0 Å². The summed E-state index contributed by atoms with van der Waals surface area (Å²) in [7, 11) is 0. The van der Waals surface area contributed by atoms with E-state index in [2.05, 4.69) is 205 Å². The molecule has 56 heavy (non-hydrogen) atoms. The van der Waals surface area contributed by atoms with Crippen molar-refractivity contribution >= 4 is 76.1 Å². The zero-order valence-electron chi connectivity index (χ0n) is 30.4. The molecule has 0 radical (unpaired) electrons. The van der Waals surface area contributed by atoms with Crippen molar-refractivity contribution < 1.29 is 4.42 Å². The summed E-state index contributed by atoms with van der Waals surface area (Å²) in [6.07, 6.45) is 0. The van der Waals surface area contributed by atoms with Crippen molar-refractivity contribution in [2.45, 2.75) is 0 Å². The molecule has 2 aromatic heterocycles. The second-order valence-corrected chi connectivity index (χ2v) is 14.8. The van der Waals surface area contributed by atoms with E-state index >= 15 is 0 Å². The van der Waals surface area contributed by atoms with Crippen LogP contribution in [0.15, 0.2) is 205 Å². The van der Waals surface area contributed by atoms with Crippen molar-refractivity contribution in [2.75, 3.05) is 0 Å². The lowest BCUT2D eigenvalue weighted by molar-refractivity contribution is 0.673. The van der Waals surface area contributed by atoms with Crippen molar-refractivity contribution in [3.05, 3.63) is 200 Å². The standard InChI is InChI=1S/C54H33NO/c1-2-16-39(17-3-1)55-49-24-11-10-19-41(49)48-32-36(27-30-50(48)55)35-14-12-15-37(31-35)52-43-20-6-8-22-45(43)53(46-23-9-7-21-44(46)52)38-26-28-42-47-29-25-34-13-4-5-18-40(34)54(47)56-51(42)33-38/h1-33H. The van der Waals surface area contributed by atoms with Gasteiger partial charge in [-0.1, -0.05) is 146 Å². The first-order chi connectivity index (χ1) is 27.8. The van der Waals surface area contributed by atoms with Gasteiger partial charge in [0.25, 0.3) is 0 Å². The predicted molar refractivity (Wildman–Crippen MR) is 237 cm³/mol. The van der Waals surface area contributed by atoms with Crippen LogP contribution in [0.5, 0.6) is 0 Å². The smallest absolute Gasteiger partial charge is 0.143 e. The van der Waals surface area contributed by atoms with Crippen LogP contribution in [0.2, 0.25) is 0 Å². The van der Waals surface area contributed by atoms with Crippen LogP contribution < -0.4 is 0 Å². The van der Waals surface area contributed by atoms with Crippen molar-refractivity contribution in [3.8, 4) is 39.1 Å². The quantitative estimate of drug-likeness (QED) is 0.166. The van der Waals surface area contributed by atoms with Crippen LogP contribution in [0.4, 0.5) is 0 Å². The number of hydrogen-bond donors (Lipinski definition) is 0. The second-order valence-electron chi connectivity index (χ2n) is 14.8. The summed E-state index contributed by atoms with van der Waals surface area (Å²) in [6, 6.07) is 72.8. The number of fused-ring (bicyclic) bond motifs is 10. The Bertz CT molecular complexity index is 3470. The first kappa shape index (κ1) is 31.0. The predicted octanol–water partition coefficient (Wildman–Crippen LogP) is 15.1. The summed E-state index contributed by atoms with van der Waals surface area (Å²) in [5, 5.41) is 12.0. The lowest BCUT2D eigenvalue weighted by Gasteiger charge is -2.18. The maximum absolute atomic E-state index is 6.67. The summed E-state index contributed by atoms with van der Waals surface area (Å²) < 4.78 is 9.05. The number of para-hydroxylation sites is 2. The summed E-state index contributed by atoms with van der Waals surface area (Å²) >= 11 is 0. The molecule has 0 unspecified atom stereocenters. The normalized spacial score (nSPS) is 11.9. The van der Waals surface area contributed by atoms with Gasteiger partial charge in [-0.15, -0.1) is 0 Å². The van der Waals surface area contributed by atoms with Crippen LogP contribution in [-0.4, -0.2) is 4.57 Å². The van der Waals surface area contributed by atoms with Crippen molar-refractivity contribution in [3.63, 3.8) is 0 Å². The van der Waals surface area contributed by atoms with Gasteiger partial charge in [0.05, 0.1) is 11.0 Å². The molecule has 0 aliphatic rings. The van der Waals surface area contributed by atoms with Gasteiger partial charge in [-0.05, 0) is 115 Å². The van der Waals surface area contributed by atoms with E-state index < -0.39 is 0 Å². The first-order valence-corrected chi connectivity index (χ1v) is 19.3. The summed E-state index contributed by atoms with van der Waals surface area (Å²) in [6.45, 7) is 0. The highest BCUT2D eigenvalue weighted by Crippen LogP contribution is 2.46. The van der Waals surface area contributed by atoms with Crippen molar-refractivity contribution in [2.24, 2.45) is 0 Å². The molecule has 2 heterocycles. The minimum absolute atomic E-state index is 0.905. The van der Waals surface area contributed by atoms with Crippen molar-refractivity contribution in [1.29, 1.82) is 0 Å². The molecule has 12 aromatic rings. The molecule has 2 heteroatoms. The Morgan fingerprint density at radius 1 is 0.304 bits per heavy atom. The average Bonchev–Trinajstić information content (AvgIpc) is 3.81. The van der Waals surface area contributed by atoms with Crippen LogP contribution in [-0.2, 0) is 0 Å². The molecule has 0 spiro atoms. The molecule has 12 rings (SSSR count). The Morgan fingerprint density at radius 2 is 0.857 bits per heavy atom. The number of furan rings is 1. The van der Waals surface area contributed by atoms with Gasteiger partial charge in [0.1, 0.15) is 11.2 Å². The molecule has 2 nitrogen and oxygen atoms in total. The summed E-state index contributed by atoms with van der Waals surface area (Å²) in [5.41, 5.74) is 12.7. The maximum atomic E-state index is 6.67. The Hall–Kier alpha value is -7.42. The highest BCUT2D eigenvalue weighted by atomic mass is 16.3. The minimum Gasteiger partial charge on any atom is -0.455 e. The Balaban J connectivity index is 1.04. The van der Waals surface area contributed by atoms with E-state index in [1.807, 2.05) is 0 Å².